The average Bonchev–Trinajstić information content (AvgIpc) is 3.12. The maximum Gasteiger partial charge on any atom is 0.321 e. The van der Waals surface area contributed by atoms with E-state index in [0.717, 1.165) is 0 Å². The largest absolute Gasteiger partial charge is 0.481 e. The number of fused-ring (bicyclic) bond motifs is 1. The van der Waals surface area contributed by atoms with Crippen molar-refractivity contribution >= 4 is 42.3 Å². The molecule has 29 heteroatoms. The Bertz CT molecular complexity index is 1890. The molecule has 0 radical (unpaired) electrons. The zero-order valence-electron chi connectivity index (χ0n) is 31.7. The molecule has 0 aromatic carbocycles. The second-order valence-corrected chi connectivity index (χ2v) is 20.7. The topological polar surface area (TPSA) is 404 Å². The van der Waals surface area contributed by atoms with E-state index in [4.69, 9.17) is 9.47 Å². The van der Waals surface area contributed by atoms with Crippen LogP contribution < -0.4 is 26.6 Å². The predicted octanol–water partition coefficient (Wildman–Crippen LogP) is -2.35. The van der Waals surface area contributed by atoms with Gasteiger partial charge in [0.1, 0.15) is 29.9 Å². The van der Waals surface area contributed by atoms with E-state index in [1.54, 1.807) is 0 Å². The van der Waals surface area contributed by atoms with Crippen molar-refractivity contribution in [3.05, 3.63) is 10.1 Å². The molecule has 5 aliphatic rings. The second-order valence-electron chi connectivity index (χ2n) is 15.7. The molecule has 14 atom stereocenters. The number of carboxylic acid groups (broad SMARTS) is 2. The van der Waals surface area contributed by atoms with Crippen LogP contribution in [0.3, 0.4) is 0 Å². The van der Waals surface area contributed by atoms with Crippen molar-refractivity contribution in [3.63, 3.8) is 0 Å². The van der Waals surface area contributed by atoms with Gasteiger partial charge in [-0.15, -0.1) is 0 Å². The van der Waals surface area contributed by atoms with Gasteiger partial charge in [0.25, 0.3) is 30.4 Å². The van der Waals surface area contributed by atoms with Gasteiger partial charge >= 0.3 is 11.9 Å². The molecule has 4 aliphatic carbocycles. The number of hydrogen-bond acceptors (Lipinski definition) is 20. The van der Waals surface area contributed by atoms with E-state index < -0.39 is 150 Å². The van der Waals surface area contributed by atoms with Gasteiger partial charge in [0.15, 0.2) is 6.35 Å². The van der Waals surface area contributed by atoms with Crippen molar-refractivity contribution in [2.75, 3.05) is 7.11 Å². The molecule has 5 fully saturated rings. The van der Waals surface area contributed by atoms with Crippen molar-refractivity contribution in [3.8, 4) is 0 Å². The predicted molar refractivity (Wildman–Crippen MR) is 199 cm³/mol. The first-order chi connectivity index (χ1) is 27.5. The Morgan fingerprint density at radius 1 is 0.847 bits per heavy atom. The summed E-state index contributed by atoms with van der Waals surface area (Å²) in [5.74, 6) is -5.49. The molecule has 1 saturated heterocycles. The van der Waals surface area contributed by atoms with E-state index >= 15 is 0 Å². The van der Waals surface area contributed by atoms with E-state index in [-0.39, 0.29) is 49.9 Å². The molecule has 26 nitrogen and oxygen atoms in total. The summed E-state index contributed by atoms with van der Waals surface area (Å²) >= 11 is 0. The molecule has 4 saturated carbocycles. The Balaban J connectivity index is 1.44. The summed E-state index contributed by atoms with van der Waals surface area (Å²) in [5, 5.41) is 60.5. The van der Waals surface area contributed by atoms with Crippen LogP contribution in [-0.4, -0.2) is 161 Å². The summed E-state index contributed by atoms with van der Waals surface area (Å²) in [6.45, 7) is 0. The van der Waals surface area contributed by atoms with Gasteiger partial charge in [-0.3, -0.25) is 59.9 Å². The Kier molecular flexibility index (Phi) is 15.4. The van der Waals surface area contributed by atoms with Crippen LogP contribution >= 0.6 is 0 Å². The summed E-state index contributed by atoms with van der Waals surface area (Å²) in [6, 6.07) is -6.14. The van der Waals surface area contributed by atoms with Crippen molar-refractivity contribution in [2.45, 2.75) is 154 Å². The van der Waals surface area contributed by atoms with Gasteiger partial charge in [0.05, 0.1) is 41.3 Å². The molecule has 0 amide bonds. The third-order valence-electron chi connectivity index (χ3n) is 12.0. The fourth-order valence-electron chi connectivity index (χ4n) is 9.14. The molecule has 59 heavy (non-hydrogen) atoms. The lowest BCUT2D eigenvalue weighted by atomic mass is 9.65. The summed E-state index contributed by atoms with van der Waals surface area (Å²) in [4.78, 5) is 34.3. The van der Waals surface area contributed by atoms with Crippen LogP contribution in [0, 0.1) is 22.0 Å². The average molecular weight is 909 g/mol. The van der Waals surface area contributed by atoms with Crippen LogP contribution in [0.5, 0.6) is 0 Å². The zero-order chi connectivity index (χ0) is 43.6. The van der Waals surface area contributed by atoms with Gasteiger partial charge in [-0.1, -0.05) is 0 Å². The number of methoxy groups -OCH3 is 1. The molecule has 0 aromatic heterocycles. The Hall–Kier alpha value is -2.65. The van der Waals surface area contributed by atoms with Gasteiger partial charge < -0.3 is 24.8 Å². The maximum absolute atomic E-state index is 12.8. The number of carboxylic acids is 2. The number of nitro groups is 1. The monoisotopic (exact) mass is 908 g/mol. The van der Waals surface area contributed by atoms with Crippen molar-refractivity contribution in [1.82, 2.24) is 26.6 Å². The summed E-state index contributed by atoms with van der Waals surface area (Å²) in [7, 11) is -13.2. The first kappa shape index (κ1) is 47.4. The smallest absolute Gasteiger partial charge is 0.321 e. The van der Waals surface area contributed by atoms with Crippen LogP contribution in [0.15, 0.2) is 10.2 Å². The highest BCUT2D eigenvalue weighted by atomic mass is 32.2. The first-order valence-electron chi connectivity index (χ1n) is 19.0. The minimum Gasteiger partial charge on any atom is -0.481 e. The summed E-state index contributed by atoms with van der Waals surface area (Å²) < 4.78 is 117. The number of nitrogens with zero attached hydrogens (tertiary/aromatic N) is 3. The van der Waals surface area contributed by atoms with Crippen LogP contribution in [0.1, 0.15) is 70.6 Å². The highest BCUT2D eigenvalue weighted by Gasteiger charge is 2.58. The highest BCUT2D eigenvalue weighted by molar-refractivity contribution is 7.87. The third kappa shape index (κ3) is 12.0. The Morgan fingerprint density at radius 3 is 2.05 bits per heavy atom. The standard InChI is InChI=1S/C30H52N8O18S3/c1-55-20-8-6-15(57(46,47)48)10-18(20)36-37-25-22(59(52,53)54)11-16-21(58(49,50)51)9-7-17(24(16)26(25)41)31-28-33-29(32-19(27(42)43)12-23(39)40)35-30(34-28)56-14-4-2-13(3-5-14)38(44)45/h13-22,24-26,28-35,41H,2-12H2,1H3,(H,39,40)(H,42,43)(H,46,47,48)(H,49,50,51)(H,52,53,54). The molecular formula is C30H52N8O18S3. The number of ether oxygens (including phenoxy) is 2. The zero-order valence-corrected chi connectivity index (χ0v) is 34.1. The molecule has 1 aliphatic heterocycles. The third-order valence-corrected chi connectivity index (χ3v) is 15.9. The minimum atomic E-state index is -5.11. The summed E-state index contributed by atoms with van der Waals surface area (Å²) in [5.41, 5.74) is 0. The van der Waals surface area contributed by atoms with Gasteiger partial charge in [-0.05, 0) is 57.3 Å². The van der Waals surface area contributed by atoms with E-state index in [2.05, 4.69) is 36.8 Å². The number of aliphatic carboxylic acids is 2. The van der Waals surface area contributed by atoms with Crippen LogP contribution in [0.2, 0.25) is 0 Å². The van der Waals surface area contributed by atoms with Crippen molar-refractivity contribution in [1.29, 1.82) is 0 Å². The fraction of sp³-hybridized carbons (Fsp3) is 0.933. The second kappa shape index (κ2) is 19.2. The van der Waals surface area contributed by atoms with Crippen LogP contribution in [-0.2, 0) is 49.4 Å². The number of rotatable bonds is 16. The van der Waals surface area contributed by atoms with Crippen LogP contribution in [0.25, 0.3) is 0 Å². The molecule has 338 valence electrons. The lowest BCUT2D eigenvalue weighted by Gasteiger charge is -2.51. The quantitative estimate of drug-likeness (QED) is 0.0334. The molecule has 0 bridgehead atoms. The molecule has 11 N–H and O–H groups in total. The van der Waals surface area contributed by atoms with E-state index in [1.807, 2.05) is 0 Å². The Morgan fingerprint density at radius 2 is 1.49 bits per heavy atom. The molecule has 5 rings (SSSR count). The lowest BCUT2D eigenvalue weighted by Crippen LogP contribution is -2.78. The number of azo groups is 1. The molecule has 14 unspecified atom stereocenters. The molecular weight excluding hydrogens is 857 g/mol. The highest BCUT2D eigenvalue weighted by Crippen LogP contribution is 2.46. The summed E-state index contributed by atoms with van der Waals surface area (Å²) in [6.07, 6.45) is -7.44. The number of nitrogens with one attached hydrogen (secondary N) is 5. The van der Waals surface area contributed by atoms with E-state index in [1.165, 1.54) is 7.11 Å². The number of aliphatic hydroxyl groups is 1. The van der Waals surface area contributed by atoms with Crippen molar-refractivity contribution < 1.29 is 78.2 Å². The van der Waals surface area contributed by atoms with E-state index in [0.29, 0.717) is 12.8 Å². The van der Waals surface area contributed by atoms with Crippen LogP contribution in [0.4, 0.5) is 0 Å². The number of hydrogen-bond donors (Lipinski definition) is 11. The van der Waals surface area contributed by atoms with Gasteiger partial charge in [-0.25, -0.2) is 0 Å². The number of carbonyl (C=O) groups is 2. The molecule has 0 aromatic rings. The van der Waals surface area contributed by atoms with Gasteiger partial charge in [0, 0.05) is 36.8 Å². The molecule has 1 heterocycles. The van der Waals surface area contributed by atoms with E-state index in [9.17, 15) is 73.9 Å². The maximum atomic E-state index is 12.8. The normalized spacial score (nSPS) is 39.2. The SMILES string of the molecule is COC1CCC(S(=O)(=O)O)CC1N=NC1C(O)C2C(NC3NC(NC(CC(=O)O)C(=O)O)NC(OC4CCC([N+](=O)[O-])CC4)N3)CCC(S(=O)(=O)O)C2CC1S(=O)(=O)O. The minimum absolute atomic E-state index is 0.0253. The fourth-order valence-corrected chi connectivity index (χ4v) is 12.2. The first-order valence-corrected chi connectivity index (χ1v) is 23.5. The van der Waals surface area contributed by atoms with Gasteiger partial charge in [-0.2, -0.15) is 35.5 Å². The van der Waals surface area contributed by atoms with Gasteiger partial charge in [0.2, 0.25) is 6.04 Å². The lowest BCUT2D eigenvalue weighted by molar-refractivity contribution is -0.527. The molecule has 0 spiro atoms. The Labute approximate surface area is 339 Å². The van der Waals surface area contributed by atoms with Crippen molar-refractivity contribution in [2.24, 2.45) is 22.1 Å². The number of aliphatic hydroxyl groups excluding tert-OH is 1.